The summed E-state index contributed by atoms with van der Waals surface area (Å²) in [5.41, 5.74) is 5.48. The zero-order valence-electron chi connectivity index (χ0n) is 16.4. The van der Waals surface area contributed by atoms with E-state index in [4.69, 9.17) is 20.5 Å². The second-order valence-electron chi connectivity index (χ2n) is 7.20. The van der Waals surface area contributed by atoms with E-state index in [1.165, 1.54) is 7.11 Å². The first-order chi connectivity index (χ1) is 13.8. The molecule has 3 aromatic carbocycles. The summed E-state index contributed by atoms with van der Waals surface area (Å²) >= 11 is 6.56. The number of rotatable bonds is 4. The molecular weight excluding hydrogens is 408 g/mol. The molecule has 0 bridgehead atoms. The lowest BCUT2D eigenvalue weighted by atomic mass is 9.96. The van der Waals surface area contributed by atoms with Gasteiger partial charge in [-0.05, 0) is 42.7 Å². The van der Waals surface area contributed by atoms with Crippen molar-refractivity contribution in [1.29, 1.82) is 0 Å². The van der Waals surface area contributed by atoms with Crippen LogP contribution in [-0.4, -0.2) is 15.5 Å². The summed E-state index contributed by atoms with van der Waals surface area (Å²) in [5.74, 6) is 0.707. The highest BCUT2D eigenvalue weighted by Gasteiger charge is 2.33. The Morgan fingerprint density at radius 1 is 1.07 bits per heavy atom. The van der Waals surface area contributed by atoms with Gasteiger partial charge in [0.25, 0.3) is 10.1 Å². The lowest BCUT2D eigenvalue weighted by Crippen LogP contribution is -2.12. The summed E-state index contributed by atoms with van der Waals surface area (Å²) in [6.07, 6.45) is 0.118. The minimum atomic E-state index is -3.85. The van der Waals surface area contributed by atoms with E-state index >= 15 is 0 Å². The third-order valence-electron chi connectivity index (χ3n) is 5.27. The van der Waals surface area contributed by atoms with E-state index in [1.54, 1.807) is 12.1 Å². The van der Waals surface area contributed by atoms with Crippen molar-refractivity contribution < 1.29 is 17.3 Å². The van der Waals surface area contributed by atoms with E-state index in [-0.39, 0.29) is 4.90 Å². The molecule has 0 aliphatic carbocycles. The van der Waals surface area contributed by atoms with Gasteiger partial charge in [0.05, 0.1) is 12.1 Å². The number of halogens is 1. The van der Waals surface area contributed by atoms with Crippen molar-refractivity contribution in [2.75, 3.05) is 7.11 Å². The highest BCUT2D eigenvalue weighted by atomic mass is 35.5. The molecular formula is C23H21ClO4S. The van der Waals surface area contributed by atoms with Crippen molar-refractivity contribution in [3.8, 4) is 16.9 Å². The molecule has 0 N–H and O–H groups in total. The molecule has 1 heterocycles. The first-order valence-corrected chi connectivity index (χ1v) is 11.1. The standard InChI is InChI=1S/C23H21ClO4S/c1-14-8-11-21(29(25,26)27-3)18(12-14)20-13-16-9-10-19(24)22(23(16)28-20)17-7-5-4-6-15(17)2/h4-12,20H,13H2,1-3H3. The maximum atomic E-state index is 12.5. The largest absolute Gasteiger partial charge is 0.484 e. The third-order valence-corrected chi connectivity index (χ3v) is 6.93. The van der Waals surface area contributed by atoms with Crippen LogP contribution >= 0.6 is 11.6 Å². The van der Waals surface area contributed by atoms with E-state index in [2.05, 4.69) is 0 Å². The van der Waals surface area contributed by atoms with E-state index in [0.717, 1.165) is 27.8 Å². The van der Waals surface area contributed by atoms with Crippen LogP contribution in [0.1, 0.15) is 28.4 Å². The maximum Gasteiger partial charge on any atom is 0.297 e. The Morgan fingerprint density at radius 2 is 1.83 bits per heavy atom. The average Bonchev–Trinajstić information content (AvgIpc) is 3.13. The molecule has 1 unspecified atom stereocenters. The SMILES string of the molecule is COS(=O)(=O)c1ccc(C)cc1C1Cc2ccc(Cl)c(-c3ccccc3C)c2O1. The van der Waals surface area contributed by atoms with Crippen LogP contribution in [0.15, 0.2) is 59.5 Å². The van der Waals surface area contributed by atoms with Crippen LogP contribution in [-0.2, 0) is 20.7 Å². The zero-order valence-corrected chi connectivity index (χ0v) is 18.0. The molecule has 150 valence electrons. The lowest BCUT2D eigenvalue weighted by Gasteiger charge is -2.18. The third kappa shape index (κ3) is 3.54. The van der Waals surface area contributed by atoms with Gasteiger partial charge < -0.3 is 4.74 Å². The molecule has 0 aromatic heterocycles. The summed E-state index contributed by atoms with van der Waals surface area (Å²) in [5, 5.41) is 0.604. The molecule has 29 heavy (non-hydrogen) atoms. The molecule has 0 saturated heterocycles. The highest BCUT2D eigenvalue weighted by molar-refractivity contribution is 7.86. The van der Waals surface area contributed by atoms with E-state index in [9.17, 15) is 8.42 Å². The fourth-order valence-corrected chi connectivity index (χ4v) is 4.94. The molecule has 3 aromatic rings. The van der Waals surface area contributed by atoms with Crippen LogP contribution in [0.2, 0.25) is 5.02 Å². The monoisotopic (exact) mass is 428 g/mol. The fourth-order valence-electron chi connectivity index (χ4n) is 3.80. The van der Waals surface area contributed by atoms with Crippen LogP contribution < -0.4 is 4.74 Å². The summed E-state index contributed by atoms with van der Waals surface area (Å²) in [6, 6.07) is 17.0. The molecule has 1 aliphatic heterocycles. The van der Waals surface area contributed by atoms with Crippen LogP contribution in [0.5, 0.6) is 5.75 Å². The first-order valence-electron chi connectivity index (χ1n) is 9.27. The summed E-state index contributed by atoms with van der Waals surface area (Å²) in [6.45, 7) is 3.95. The first kappa shape index (κ1) is 20.0. The van der Waals surface area contributed by atoms with Crippen LogP contribution in [0, 0.1) is 13.8 Å². The minimum Gasteiger partial charge on any atom is -0.484 e. The van der Waals surface area contributed by atoms with Gasteiger partial charge in [-0.25, -0.2) is 0 Å². The van der Waals surface area contributed by atoms with Crippen molar-refractivity contribution in [2.45, 2.75) is 31.3 Å². The molecule has 0 amide bonds. The van der Waals surface area contributed by atoms with Crippen LogP contribution in [0.4, 0.5) is 0 Å². The molecule has 1 aliphatic rings. The number of fused-ring (bicyclic) bond motifs is 1. The van der Waals surface area contributed by atoms with Crippen molar-refractivity contribution in [3.63, 3.8) is 0 Å². The van der Waals surface area contributed by atoms with Gasteiger partial charge in [0.2, 0.25) is 0 Å². The minimum absolute atomic E-state index is 0.131. The van der Waals surface area contributed by atoms with Gasteiger partial charge in [0.1, 0.15) is 16.7 Å². The lowest BCUT2D eigenvalue weighted by molar-refractivity contribution is 0.235. The normalized spacial score (nSPS) is 15.8. The Kier molecular flexibility index (Phi) is 5.15. The number of ether oxygens (including phenoxy) is 1. The quantitative estimate of drug-likeness (QED) is 0.505. The predicted molar refractivity (Wildman–Crippen MR) is 114 cm³/mol. The van der Waals surface area contributed by atoms with Gasteiger partial charge in [-0.3, -0.25) is 4.18 Å². The Hall–Kier alpha value is -2.34. The Morgan fingerprint density at radius 3 is 2.55 bits per heavy atom. The molecule has 6 heteroatoms. The average molecular weight is 429 g/mol. The van der Waals surface area contributed by atoms with Crippen molar-refractivity contribution in [1.82, 2.24) is 0 Å². The Balaban J connectivity index is 1.84. The summed E-state index contributed by atoms with van der Waals surface area (Å²) < 4.78 is 36.0. The maximum absolute atomic E-state index is 12.5. The molecule has 0 saturated carbocycles. The molecule has 0 spiro atoms. The van der Waals surface area contributed by atoms with Crippen molar-refractivity contribution >= 4 is 21.7 Å². The topological polar surface area (TPSA) is 52.6 Å². The van der Waals surface area contributed by atoms with E-state index in [1.807, 2.05) is 56.3 Å². The second kappa shape index (κ2) is 7.48. The summed E-state index contributed by atoms with van der Waals surface area (Å²) in [7, 11) is -2.69. The molecule has 0 radical (unpaired) electrons. The molecule has 1 atom stereocenters. The van der Waals surface area contributed by atoms with Gasteiger partial charge in [-0.2, -0.15) is 8.42 Å². The van der Waals surface area contributed by atoms with Crippen LogP contribution in [0.3, 0.4) is 0 Å². The Labute approximate surface area is 176 Å². The molecule has 4 nitrogen and oxygen atoms in total. The van der Waals surface area contributed by atoms with Crippen molar-refractivity contribution in [3.05, 3.63) is 81.9 Å². The summed E-state index contributed by atoms with van der Waals surface area (Å²) in [4.78, 5) is 0.131. The fraction of sp³-hybridized carbons (Fsp3) is 0.217. The van der Waals surface area contributed by atoms with Gasteiger partial charge in [0.15, 0.2) is 0 Å². The van der Waals surface area contributed by atoms with Gasteiger partial charge in [-0.15, -0.1) is 0 Å². The Bertz CT molecular complexity index is 1200. The van der Waals surface area contributed by atoms with Gasteiger partial charge in [-0.1, -0.05) is 59.6 Å². The number of aryl methyl sites for hydroxylation is 2. The van der Waals surface area contributed by atoms with Crippen LogP contribution in [0.25, 0.3) is 11.1 Å². The highest BCUT2D eigenvalue weighted by Crippen LogP contribution is 2.48. The number of hydrogen-bond acceptors (Lipinski definition) is 4. The second-order valence-corrected chi connectivity index (χ2v) is 9.29. The smallest absolute Gasteiger partial charge is 0.297 e. The number of benzene rings is 3. The van der Waals surface area contributed by atoms with E-state index < -0.39 is 16.2 Å². The van der Waals surface area contributed by atoms with E-state index in [0.29, 0.717) is 22.8 Å². The number of hydrogen-bond donors (Lipinski definition) is 0. The zero-order chi connectivity index (χ0) is 20.8. The van der Waals surface area contributed by atoms with Gasteiger partial charge >= 0.3 is 0 Å². The molecule has 0 fully saturated rings. The molecule has 4 rings (SSSR count). The van der Waals surface area contributed by atoms with Crippen molar-refractivity contribution in [2.24, 2.45) is 0 Å². The van der Waals surface area contributed by atoms with Gasteiger partial charge in [0, 0.05) is 17.5 Å². The predicted octanol–water partition coefficient (Wildman–Crippen LogP) is 5.64.